The third-order valence-electron chi connectivity index (χ3n) is 3.19. The summed E-state index contributed by atoms with van der Waals surface area (Å²) in [5.41, 5.74) is 0.0447. The second kappa shape index (κ2) is 4.45. The highest BCUT2D eigenvalue weighted by atomic mass is 32.2. The first kappa shape index (κ1) is 13.9. The van der Waals surface area contributed by atoms with Gasteiger partial charge in [-0.3, -0.25) is 0 Å². The Labute approximate surface area is 121 Å². The molecule has 1 aliphatic heterocycles. The number of oxime groups is 1. The lowest BCUT2D eigenvalue weighted by molar-refractivity contribution is 0.0123. The summed E-state index contributed by atoms with van der Waals surface area (Å²) in [7, 11) is -3.64. The lowest BCUT2D eigenvalue weighted by Gasteiger charge is -2.13. The Kier molecular flexibility index (Phi) is 2.94. The van der Waals surface area contributed by atoms with E-state index in [0.29, 0.717) is 11.0 Å². The number of sulfone groups is 1. The standard InChI is InChI=1S/C13H14N2O5S/c1-13(2)6-12(15-20-13)21(17,18)7-10-9-5-8(16)3-4-11(9)19-14-10/h3-5,16H,6-7H2,1-2H3. The predicted octanol–water partition coefficient (Wildman–Crippen LogP) is 1.96. The zero-order valence-electron chi connectivity index (χ0n) is 11.5. The molecule has 112 valence electrons. The molecule has 0 amide bonds. The normalized spacial score (nSPS) is 17.7. The van der Waals surface area contributed by atoms with Gasteiger partial charge in [0.1, 0.15) is 22.8 Å². The molecule has 21 heavy (non-hydrogen) atoms. The van der Waals surface area contributed by atoms with Crippen LogP contribution in [0.25, 0.3) is 11.0 Å². The van der Waals surface area contributed by atoms with Crippen molar-refractivity contribution in [3.63, 3.8) is 0 Å². The van der Waals surface area contributed by atoms with E-state index in [1.54, 1.807) is 13.8 Å². The largest absolute Gasteiger partial charge is 0.508 e. The smallest absolute Gasteiger partial charge is 0.200 e. The molecule has 2 aromatic rings. The summed E-state index contributed by atoms with van der Waals surface area (Å²) in [6.45, 7) is 3.53. The first-order valence-corrected chi connectivity index (χ1v) is 7.97. The van der Waals surface area contributed by atoms with E-state index in [1.807, 2.05) is 0 Å². The van der Waals surface area contributed by atoms with Crippen molar-refractivity contribution in [2.75, 3.05) is 0 Å². The molecule has 2 heterocycles. The molecule has 0 atom stereocenters. The molecule has 8 heteroatoms. The number of nitrogens with zero attached hydrogens (tertiary/aromatic N) is 2. The van der Waals surface area contributed by atoms with Crippen LogP contribution in [0.3, 0.4) is 0 Å². The van der Waals surface area contributed by atoms with Gasteiger partial charge in [0.2, 0.25) is 9.84 Å². The van der Waals surface area contributed by atoms with E-state index in [9.17, 15) is 13.5 Å². The van der Waals surface area contributed by atoms with Crippen LogP contribution in [0, 0.1) is 0 Å². The van der Waals surface area contributed by atoms with Gasteiger partial charge in [0.05, 0.1) is 0 Å². The summed E-state index contributed by atoms with van der Waals surface area (Å²) in [5.74, 6) is -0.325. The van der Waals surface area contributed by atoms with E-state index in [2.05, 4.69) is 10.3 Å². The van der Waals surface area contributed by atoms with Gasteiger partial charge in [-0.15, -0.1) is 0 Å². The average molecular weight is 310 g/mol. The Bertz CT molecular complexity index is 835. The molecular weight excluding hydrogens is 296 g/mol. The lowest BCUT2D eigenvalue weighted by atomic mass is 10.1. The van der Waals surface area contributed by atoms with Gasteiger partial charge in [0.25, 0.3) is 0 Å². The molecule has 3 rings (SSSR count). The Hall–Kier alpha value is -2.09. The minimum Gasteiger partial charge on any atom is -0.508 e. The van der Waals surface area contributed by atoms with Gasteiger partial charge in [-0.25, -0.2) is 8.42 Å². The van der Waals surface area contributed by atoms with Crippen molar-refractivity contribution in [2.45, 2.75) is 31.6 Å². The molecule has 0 fully saturated rings. The Morgan fingerprint density at radius 2 is 2.14 bits per heavy atom. The van der Waals surface area contributed by atoms with Crippen molar-refractivity contribution in [3.8, 4) is 5.75 Å². The second-order valence-corrected chi connectivity index (χ2v) is 7.57. The predicted molar refractivity (Wildman–Crippen MR) is 75.5 cm³/mol. The molecule has 1 N–H and O–H groups in total. The maximum atomic E-state index is 12.4. The molecule has 0 saturated heterocycles. The summed E-state index contributed by atoms with van der Waals surface area (Å²) in [6.07, 6.45) is 0.219. The Morgan fingerprint density at radius 3 is 2.81 bits per heavy atom. The van der Waals surface area contributed by atoms with Crippen molar-refractivity contribution < 1.29 is 22.9 Å². The molecule has 0 radical (unpaired) electrons. The van der Waals surface area contributed by atoms with E-state index >= 15 is 0 Å². The number of rotatable bonds is 2. The molecule has 1 aromatic carbocycles. The lowest BCUT2D eigenvalue weighted by Crippen LogP contribution is -2.23. The molecular formula is C13H14N2O5S. The van der Waals surface area contributed by atoms with Crippen LogP contribution in [0.15, 0.2) is 27.9 Å². The van der Waals surface area contributed by atoms with Crippen LogP contribution in [-0.4, -0.2) is 29.3 Å². The number of hydrogen-bond donors (Lipinski definition) is 1. The monoisotopic (exact) mass is 310 g/mol. The van der Waals surface area contributed by atoms with E-state index in [0.717, 1.165) is 0 Å². The molecule has 0 aliphatic carbocycles. The van der Waals surface area contributed by atoms with Gasteiger partial charge in [-0.05, 0) is 32.0 Å². The molecule has 0 unspecified atom stereocenters. The third-order valence-corrected chi connectivity index (χ3v) is 4.78. The van der Waals surface area contributed by atoms with E-state index in [1.165, 1.54) is 18.2 Å². The third kappa shape index (κ3) is 2.58. The summed E-state index contributed by atoms with van der Waals surface area (Å²) in [4.78, 5) is 5.09. The first-order chi connectivity index (χ1) is 9.77. The van der Waals surface area contributed by atoms with Crippen LogP contribution in [0.4, 0.5) is 0 Å². The van der Waals surface area contributed by atoms with E-state index < -0.39 is 15.4 Å². The fourth-order valence-corrected chi connectivity index (χ4v) is 3.57. The van der Waals surface area contributed by atoms with Crippen LogP contribution in [0.5, 0.6) is 5.75 Å². The average Bonchev–Trinajstić information content (AvgIpc) is 2.93. The van der Waals surface area contributed by atoms with Crippen LogP contribution in [0.1, 0.15) is 26.0 Å². The SMILES string of the molecule is CC1(C)CC(S(=O)(=O)Cc2noc3ccc(O)cc23)=NO1. The zero-order chi connectivity index (χ0) is 15.3. The van der Waals surface area contributed by atoms with Gasteiger partial charge in [-0.1, -0.05) is 10.3 Å². The van der Waals surface area contributed by atoms with Gasteiger partial charge < -0.3 is 14.5 Å². The van der Waals surface area contributed by atoms with Crippen LogP contribution in [0.2, 0.25) is 0 Å². The Balaban J connectivity index is 1.93. The number of phenolic OH excluding ortho intramolecular Hbond substituents is 1. The van der Waals surface area contributed by atoms with Crippen molar-refractivity contribution in [3.05, 3.63) is 23.9 Å². The second-order valence-electron chi connectivity index (χ2n) is 5.58. The highest BCUT2D eigenvalue weighted by molar-refractivity contribution is 8.05. The fourth-order valence-electron chi connectivity index (χ4n) is 2.11. The van der Waals surface area contributed by atoms with Gasteiger partial charge in [0, 0.05) is 11.8 Å². The van der Waals surface area contributed by atoms with Gasteiger partial charge >= 0.3 is 0 Å². The maximum Gasteiger partial charge on any atom is 0.200 e. The first-order valence-electron chi connectivity index (χ1n) is 6.32. The summed E-state index contributed by atoms with van der Waals surface area (Å²) < 4.78 is 29.8. The number of hydrogen-bond acceptors (Lipinski definition) is 7. The van der Waals surface area contributed by atoms with Crippen molar-refractivity contribution in [2.24, 2.45) is 5.16 Å². The number of benzene rings is 1. The number of aromatic hydroxyl groups is 1. The highest BCUT2D eigenvalue weighted by Crippen LogP contribution is 2.28. The number of fused-ring (bicyclic) bond motifs is 1. The van der Waals surface area contributed by atoms with Crippen LogP contribution >= 0.6 is 0 Å². The van der Waals surface area contributed by atoms with Crippen molar-refractivity contribution in [1.82, 2.24) is 5.16 Å². The van der Waals surface area contributed by atoms with Crippen molar-refractivity contribution >= 4 is 25.9 Å². The minimum atomic E-state index is -3.64. The van der Waals surface area contributed by atoms with Crippen molar-refractivity contribution in [1.29, 1.82) is 0 Å². The fraction of sp³-hybridized carbons (Fsp3) is 0.385. The van der Waals surface area contributed by atoms with E-state index in [4.69, 9.17) is 9.36 Å². The summed E-state index contributed by atoms with van der Waals surface area (Å²) >= 11 is 0. The Morgan fingerprint density at radius 1 is 1.38 bits per heavy atom. The van der Waals surface area contributed by atoms with Crippen LogP contribution < -0.4 is 0 Å². The maximum absolute atomic E-state index is 12.4. The molecule has 0 spiro atoms. The number of phenols is 1. The highest BCUT2D eigenvalue weighted by Gasteiger charge is 2.36. The van der Waals surface area contributed by atoms with Crippen LogP contribution in [-0.2, 0) is 20.4 Å². The number of aromatic nitrogens is 1. The topological polar surface area (TPSA) is 102 Å². The molecule has 7 nitrogen and oxygen atoms in total. The molecule has 0 saturated carbocycles. The molecule has 1 aliphatic rings. The van der Waals surface area contributed by atoms with Gasteiger partial charge in [-0.2, -0.15) is 0 Å². The molecule has 1 aromatic heterocycles. The quantitative estimate of drug-likeness (QED) is 0.909. The zero-order valence-corrected chi connectivity index (χ0v) is 12.3. The summed E-state index contributed by atoms with van der Waals surface area (Å²) in [5, 5.41) is 17.4. The van der Waals surface area contributed by atoms with Gasteiger partial charge in [0.15, 0.2) is 10.6 Å². The minimum absolute atomic E-state index is 0.00352. The van der Waals surface area contributed by atoms with E-state index in [-0.39, 0.29) is 28.7 Å². The molecule has 0 bridgehead atoms. The summed E-state index contributed by atoms with van der Waals surface area (Å²) in [6, 6.07) is 4.41.